The fourth-order valence-electron chi connectivity index (χ4n) is 8.96. The van der Waals surface area contributed by atoms with E-state index >= 15 is 0 Å². The zero-order valence-corrected chi connectivity index (χ0v) is 33.0. The Morgan fingerprint density at radius 3 is 1.55 bits per heavy atom. The number of anilines is 3. The van der Waals surface area contributed by atoms with Crippen LogP contribution in [0.1, 0.15) is 0 Å². The van der Waals surface area contributed by atoms with Gasteiger partial charge in [-0.2, -0.15) is 0 Å². The summed E-state index contributed by atoms with van der Waals surface area (Å²) in [4.78, 5) is 2.37. The van der Waals surface area contributed by atoms with Crippen molar-refractivity contribution in [3.63, 3.8) is 0 Å². The fourth-order valence-corrected chi connectivity index (χ4v) is 8.96. The third kappa shape index (κ3) is 6.32. The lowest BCUT2D eigenvalue weighted by atomic mass is 9.91. The third-order valence-electron chi connectivity index (χ3n) is 11.8. The molecule has 10 aromatic carbocycles. The topological polar surface area (TPSA) is 8.17 Å². The number of rotatable bonds is 8. The van der Waals surface area contributed by atoms with Gasteiger partial charge in [0.15, 0.2) is 0 Å². The molecule has 0 radical (unpaired) electrons. The molecule has 11 aromatic rings. The van der Waals surface area contributed by atoms with Gasteiger partial charge in [-0.25, -0.2) is 0 Å². The second kappa shape index (κ2) is 15.1. The number of nitrogens with zero attached hydrogens (tertiary/aromatic N) is 2. The van der Waals surface area contributed by atoms with Crippen LogP contribution in [0, 0.1) is 0 Å². The molecular weight excluding hydrogens is 725 g/mol. The number of hydrogen-bond donors (Lipinski definition) is 0. The molecular formula is C58H40N2. The molecule has 0 spiro atoms. The summed E-state index contributed by atoms with van der Waals surface area (Å²) in [5.41, 5.74) is 16.3. The zero-order chi connectivity index (χ0) is 39.8. The maximum atomic E-state index is 2.40. The van der Waals surface area contributed by atoms with Gasteiger partial charge in [-0.05, 0) is 122 Å². The highest BCUT2D eigenvalue weighted by Gasteiger charge is 2.19. The van der Waals surface area contributed by atoms with Crippen LogP contribution in [-0.2, 0) is 0 Å². The van der Waals surface area contributed by atoms with E-state index in [1.54, 1.807) is 0 Å². The van der Waals surface area contributed by atoms with Crippen molar-refractivity contribution in [3.05, 3.63) is 243 Å². The van der Waals surface area contributed by atoms with Crippen molar-refractivity contribution in [2.24, 2.45) is 0 Å². The van der Waals surface area contributed by atoms with E-state index in [-0.39, 0.29) is 0 Å². The lowest BCUT2D eigenvalue weighted by Gasteiger charge is -2.27. The highest BCUT2D eigenvalue weighted by Crippen LogP contribution is 2.43. The Kier molecular flexibility index (Phi) is 8.87. The third-order valence-corrected chi connectivity index (χ3v) is 11.8. The smallest absolute Gasteiger partial charge is 0.0541 e. The van der Waals surface area contributed by atoms with E-state index in [4.69, 9.17) is 0 Å². The van der Waals surface area contributed by atoms with Crippen LogP contribution in [0.2, 0.25) is 0 Å². The summed E-state index contributed by atoms with van der Waals surface area (Å²) in [6.45, 7) is 0. The molecule has 2 nitrogen and oxygen atoms in total. The largest absolute Gasteiger partial charge is 0.310 e. The molecule has 0 amide bonds. The van der Waals surface area contributed by atoms with Crippen molar-refractivity contribution in [3.8, 4) is 50.2 Å². The van der Waals surface area contributed by atoms with E-state index in [1.165, 1.54) is 60.4 Å². The summed E-state index contributed by atoms with van der Waals surface area (Å²) in [7, 11) is 0. The first-order valence-corrected chi connectivity index (χ1v) is 20.6. The Morgan fingerprint density at radius 2 is 0.800 bits per heavy atom. The number of para-hydroxylation sites is 3. The van der Waals surface area contributed by atoms with Gasteiger partial charge < -0.3 is 9.47 Å². The molecule has 0 aliphatic carbocycles. The molecule has 11 rings (SSSR count). The second-order valence-electron chi connectivity index (χ2n) is 15.3. The van der Waals surface area contributed by atoms with Crippen molar-refractivity contribution < 1.29 is 0 Å². The van der Waals surface area contributed by atoms with Gasteiger partial charge in [0.1, 0.15) is 0 Å². The Balaban J connectivity index is 1.08. The quantitative estimate of drug-likeness (QED) is 0.150. The molecule has 60 heavy (non-hydrogen) atoms. The Morgan fingerprint density at radius 1 is 0.267 bits per heavy atom. The molecule has 0 N–H and O–H groups in total. The first-order chi connectivity index (χ1) is 29.8. The monoisotopic (exact) mass is 764 g/mol. The standard InChI is InChI=1S/C58H40N2/c1-3-16-41(17-4-1)44-20-13-21-45(38-44)56-40-50(36-37-53(56)46-22-14-25-49(39-46)60-57-30-11-9-27-54(57)55-28-10-12-31-58(55)60)59(47-23-5-2-6-24-47)48-34-32-43(33-35-48)52-29-15-19-42-18-7-8-26-51(42)52/h1-40H. The number of hydrogen-bond acceptors (Lipinski definition) is 1. The lowest BCUT2D eigenvalue weighted by Crippen LogP contribution is -2.10. The van der Waals surface area contributed by atoms with E-state index < -0.39 is 0 Å². The zero-order valence-electron chi connectivity index (χ0n) is 33.0. The highest BCUT2D eigenvalue weighted by atomic mass is 15.1. The molecule has 0 aliphatic heterocycles. The average Bonchev–Trinajstić information content (AvgIpc) is 3.67. The van der Waals surface area contributed by atoms with Crippen molar-refractivity contribution in [1.82, 2.24) is 4.57 Å². The SMILES string of the molecule is c1ccc(-c2cccc(-c3cc(N(c4ccccc4)c4ccc(-c5cccc6ccccc56)cc4)ccc3-c3cccc(-n4c5ccccc5c5ccccc54)c3)c2)cc1. The van der Waals surface area contributed by atoms with E-state index in [1.807, 2.05) is 0 Å². The normalized spacial score (nSPS) is 11.3. The molecule has 0 fully saturated rings. The molecule has 0 saturated carbocycles. The minimum absolute atomic E-state index is 1.08. The summed E-state index contributed by atoms with van der Waals surface area (Å²) >= 11 is 0. The van der Waals surface area contributed by atoms with E-state index in [0.29, 0.717) is 0 Å². The van der Waals surface area contributed by atoms with Crippen molar-refractivity contribution >= 4 is 49.6 Å². The predicted molar refractivity (Wildman–Crippen MR) is 255 cm³/mol. The first-order valence-electron chi connectivity index (χ1n) is 20.6. The number of aromatic nitrogens is 1. The van der Waals surface area contributed by atoms with Gasteiger partial charge in [0, 0.05) is 33.5 Å². The number of fused-ring (bicyclic) bond motifs is 4. The van der Waals surface area contributed by atoms with Crippen LogP contribution >= 0.6 is 0 Å². The first kappa shape index (κ1) is 35.2. The van der Waals surface area contributed by atoms with Gasteiger partial charge in [-0.15, -0.1) is 0 Å². The van der Waals surface area contributed by atoms with Crippen LogP contribution in [0.25, 0.3) is 82.8 Å². The molecule has 2 heteroatoms. The molecule has 0 atom stereocenters. The summed E-state index contributed by atoms with van der Waals surface area (Å²) < 4.78 is 2.40. The molecule has 0 aliphatic rings. The van der Waals surface area contributed by atoms with Crippen LogP contribution < -0.4 is 4.90 Å². The van der Waals surface area contributed by atoms with Crippen LogP contribution in [0.5, 0.6) is 0 Å². The second-order valence-corrected chi connectivity index (χ2v) is 15.3. The van der Waals surface area contributed by atoms with Crippen molar-refractivity contribution in [2.75, 3.05) is 4.90 Å². The minimum Gasteiger partial charge on any atom is -0.310 e. The molecule has 1 heterocycles. The Labute approximate surface area is 350 Å². The molecule has 1 aromatic heterocycles. The molecule has 0 saturated heterocycles. The van der Waals surface area contributed by atoms with E-state index in [9.17, 15) is 0 Å². The van der Waals surface area contributed by atoms with E-state index in [0.717, 1.165) is 39.4 Å². The highest BCUT2D eigenvalue weighted by molar-refractivity contribution is 6.09. The summed E-state index contributed by atoms with van der Waals surface area (Å²) in [5.74, 6) is 0. The average molecular weight is 765 g/mol. The van der Waals surface area contributed by atoms with Gasteiger partial charge in [0.25, 0.3) is 0 Å². The summed E-state index contributed by atoms with van der Waals surface area (Å²) in [5, 5.41) is 5.02. The Hall–Kier alpha value is -7.94. The van der Waals surface area contributed by atoms with Crippen LogP contribution in [0.4, 0.5) is 17.1 Å². The van der Waals surface area contributed by atoms with Gasteiger partial charge >= 0.3 is 0 Å². The minimum atomic E-state index is 1.08. The number of benzene rings is 10. The fraction of sp³-hybridized carbons (Fsp3) is 0. The van der Waals surface area contributed by atoms with Gasteiger partial charge in [0.05, 0.1) is 11.0 Å². The van der Waals surface area contributed by atoms with Gasteiger partial charge in [0.2, 0.25) is 0 Å². The predicted octanol–water partition coefficient (Wildman–Crippen LogP) is 16.1. The molecule has 0 bridgehead atoms. The van der Waals surface area contributed by atoms with Crippen molar-refractivity contribution in [1.29, 1.82) is 0 Å². The van der Waals surface area contributed by atoms with Crippen LogP contribution in [-0.4, -0.2) is 4.57 Å². The Bertz CT molecular complexity index is 3250. The summed E-state index contributed by atoms with van der Waals surface area (Å²) in [6.07, 6.45) is 0. The van der Waals surface area contributed by atoms with Gasteiger partial charge in [-0.3, -0.25) is 0 Å². The van der Waals surface area contributed by atoms with Gasteiger partial charge in [-0.1, -0.05) is 176 Å². The van der Waals surface area contributed by atoms with Crippen molar-refractivity contribution in [2.45, 2.75) is 0 Å². The summed E-state index contributed by atoms with van der Waals surface area (Å²) in [6, 6.07) is 87.9. The molecule has 282 valence electrons. The lowest BCUT2D eigenvalue weighted by molar-refractivity contribution is 1.18. The maximum absolute atomic E-state index is 2.40. The van der Waals surface area contributed by atoms with E-state index in [2.05, 4.69) is 252 Å². The van der Waals surface area contributed by atoms with Crippen LogP contribution in [0.3, 0.4) is 0 Å². The van der Waals surface area contributed by atoms with Crippen LogP contribution in [0.15, 0.2) is 243 Å². The maximum Gasteiger partial charge on any atom is 0.0541 e. The molecule has 0 unspecified atom stereocenters.